The molecule has 1 fully saturated rings. The number of para-hydroxylation sites is 1. The van der Waals surface area contributed by atoms with Crippen molar-refractivity contribution in [3.63, 3.8) is 0 Å². The van der Waals surface area contributed by atoms with Crippen molar-refractivity contribution in [3.05, 3.63) is 29.8 Å². The number of rotatable bonds is 3. The molecular weight excluding hydrogens is 222 g/mol. The number of methoxy groups -OCH3 is 1. The van der Waals surface area contributed by atoms with Crippen molar-refractivity contribution in [2.45, 2.75) is 44.9 Å². The van der Waals surface area contributed by atoms with Crippen molar-refractivity contribution < 1.29 is 4.74 Å². The fraction of sp³-hybridized carbons (Fsp3) is 0.562. The standard InChI is InChI=1S/C16H21NO/c1-18-15-9-5-4-8-14(15)12-16(13-17)10-6-2-3-7-11-16/h4-5,8-9H,2-3,6-7,10-12H2,1H3. The van der Waals surface area contributed by atoms with Gasteiger partial charge in [-0.05, 0) is 30.9 Å². The smallest absolute Gasteiger partial charge is 0.122 e. The topological polar surface area (TPSA) is 33.0 Å². The van der Waals surface area contributed by atoms with E-state index in [0.717, 1.165) is 25.0 Å². The Kier molecular flexibility index (Phi) is 4.25. The molecule has 0 aromatic heterocycles. The van der Waals surface area contributed by atoms with E-state index >= 15 is 0 Å². The maximum atomic E-state index is 9.60. The second kappa shape index (κ2) is 5.91. The SMILES string of the molecule is COc1ccccc1CC1(C#N)CCCCCC1. The average Bonchev–Trinajstić information content (AvgIpc) is 2.66. The quantitative estimate of drug-likeness (QED) is 0.749. The number of nitriles is 1. The van der Waals surface area contributed by atoms with E-state index in [9.17, 15) is 5.26 Å². The van der Waals surface area contributed by atoms with E-state index in [4.69, 9.17) is 4.74 Å². The number of hydrogen-bond donors (Lipinski definition) is 0. The van der Waals surface area contributed by atoms with Crippen LogP contribution in [-0.2, 0) is 6.42 Å². The summed E-state index contributed by atoms with van der Waals surface area (Å²) in [6.45, 7) is 0. The molecule has 0 saturated heterocycles. The predicted octanol–water partition coefficient (Wildman–Crippen LogP) is 4.10. The second-order valence-corrected chi connectivity index (χ2v) is 5.29. The molecule has 96 valence electrons. The second-order valence-electron chi connectivity index (χ2n) is 5.29. The lowest BCUT2D eigenvalue weighted by Crippen LogP contribution is -2.21. The van der Waals surface area contributed by atoms with Gasteiger partial charge in [0, 0.05) is 0 Å². The summed E-state index contributed by atoms with van der Waals surface area (Å²) in [6.07, 6.45) is 7.80. The summed E-state index contributed by atoms with van der Waals surface area (Å²) in [6, 6.07) is 10.7. The summed E-state index contributed by atoms with van der Waals surface area (Å²) in [5, 5.41) is 9.60. The summed E-state index contributed by atoms with van der Waals surface area (Å²) in [5.74, 6) is 0.913. The van der Waals surface area contributed by atoms with Gasteiger partial charge in [0.05, 0.1) is 18.6 Å². The minimum atomic E-state index is -0.175. The molecule has 1 saturated carbocycles. The molecule has 0 amide bonds. The molecule has 0 spiro atoms. The van der Waals surface area contributed by atoms with Gasteiger partial charge in [-0.25, -0.2) is 0 Å². The minimum Gasteiger partial charge on any atom is -0.496 e. The molecule has 2 nitrogen and oxygen atoms in total. The monoisotopic (exact) mass is 243 g/mol. The first-order chi connectivity index (χ1) is 8.79. The zero-order valence-electron chi connectivity index (χ0n) is 11.1. The lowest BCUT2D eigenvalue weighted by Gasteiger charge is -2.25. The lowest BCUT2D eigenvalue weighted by atomic mass is 9.76. The number of hydrogen-bond acceptors (Lipinski definition) is 2. The third kappa shape index (κ3) is 2.85. The van der Waals surface area contributed by atoms with Gasteiger partial charge in [-0.2, -0.15) is 5.26 Å². The van der Waals surface area contributed by atoms with E-state index in [1.54, 1.807) is 7.11 Å². The molecule has 2 heteroatoms. The highest BCUT2D eigenvalue weighted by molar-refractivity contribution is 5.35. The van der Waals surface area contributed by atoms with Gasteiger partial charge in [-0.15, -0.1) is 0 Å². The molecule has 0 N–H and O–H groups in total. The summed E-state index contributed by atoms with van der Waals surface area (Å²) in [5.41, 5.74) is 0.994. The normalized spacial score (nSPS) is 18.7. The Morgan fingerprint density at radius 1 is 1.17 bits per heavy atom. The zero-order chi connectivity index (χ0) is 12.8. The van der Waals surface area contributed by atoms with Gasteiger partial charge >= 0.3 is 0 Å². The molecule has 1 aromatic rings. The molecule has 1 aliphatic carbocycles. The van der Waals surface area contributed by atoms with Gasteiger partial charge in [-0.1, -0.05) is 43.9 Å². The number of ether oxygens (including phenoxy) is 1. The van der Waals surface area contributed by atoms with Crippen LogP contribution in [0, 0.1) is 16.7 Å². The van der Waals surface area contributed by atoms with Crippen LogP contribution >= 0.6 is 0 Å². The first kappa shape index (κ1) is 13.0. The molecule has 1 aromatic carbocycles. The van der Waals surface area contributed by atoms with Crippen LogP contribution < -0.4 is 4.74 Å². The minimum absolute atomic E-state index is 0.175. The fourth-order valence-electron chi connectivity index (χ4n) is 2.95. The number of benzene rings is 1. The predicted molar refractivity (Wildman–Crippen MR) is 72.4 cm³/mol. The highest BCUT2D eigenvalue weighted by Crippen LogP contribution is 2.39. The maximum absolute atomic E-state index is 9.60. The van der Waals surface area contributed by atoms with E-state index in [-0.39, 0.29) is 5.41 Å². The highest BCUT2D eigenvalue weighted by Gasteiger charge is 2.31. The van der Waals surface area contributed by atoms with E-state index in [1.165, 1.54) is 31.2 Å². The first-order valence-electron chi connectivity index (χ1n) is 6.83. The van der Waals surface area contributed by atoms with Crippen molar-refractivity contribution in [1.29, 1.82) is 5.26 Å². The van der Waals surface area contributed by atoms with Crippen molar-refractivity contribution >= 4 is 0 Å². The van der Waals surface area contributed by atoms with Gasteiger partial charge in [0.1, 0.15) is 5.75 Å². The van der Waals surface area contributed by atoms with Gasteiger partial charge in [0.2, 0.25) is 0 Å². The van der Waals surface area contributed by atoms with E-state index in [1.807, 2.05) is 18.2 Å². The van der Waals surface area contributed by atoms with Crippen LogP contribution in [0.25, 0.3) is 0 Å². The summed E-state index contributed by atoms with van der Waals surface area (Å²) in [4.78, 5) is 0. The molecular formula is C16H21NO. The fourth-order valence-corrected chi connectivity index (χ4v) is 2.95. The van der Waals surface area contributed by atoms with Gasteiger partial charge in [-0.3, -0.25) is 0 Å². The third-order valence-corrected chi connectivity index (χ3v) is 4.02. The molecule has 0 unspecified atom stereocenters. The molecule has 2 rings (SSSR count). The Hall–Kier alpha value is -1.49. The maximum Gasteiger partial charge on any atom is 0.122 e. The molecule has 0 bridgehead atoms. The van der Waals surface area contributed by atoms with Crippen molar-refractivity contribution in [2.24, 2.45) is 5.41 Å². The summed E-state index contributed by atoms with van der Waals surface area (Å²) >= 11 is 0. The van der Waals surface area contributed by atoms with Gasteiger partial charge < -0.3 is 4.74 Å². The van der Waals surface area contributed by atoms with Crippen LogP contribution in [0.5, 0.6) is 5.75 Å². The third-order valence-electron chi connectivity index (χ3n) is 4.02. The largest absolute Gasteiger partial charge is 0.496 e. The summed E-state index contributed by atoms with van der Waals surface area (Å²) < 4.78 is 5.40. The Balaban J connectivity index is 2.21. The molecule has 18 heavy (non-hydrogen) atoms. The first-order valence-corrected chi connectivity index (χ1v) is 6.83. The van der Waals surface area contributed by atoms with Crippen LogP contribution in [0.3, 0.4) is 0 Å². The molecule has 1 aliphatic rings. The number of nitrogens with zero attached hydrogens (tertiary/aromatic N) is 1. The van der Waals surface area contributed by atoms with Crippen molar-refractivity contribution in [2.75, 3.05) is 7.11 Å². The summed E-state index contributed by atoms with van der Waals surface area (Å²) in [7, 11) is 1.70. The van der Waals surface area contributed by atoms with Crippen LogP contribution in [0.4, 0.5) is 0 Å². The Morgan fingerprint density at radius 3 is 2.44 bits per heavy atom. The zero-order valence-corrected chi connectivity index (χ0v) is 11.1. The van der Waals surface area contributed by atoms with Gasteiger partial charge in [0.25, 0.3) is 0 Å². The molecule has 0 aliphatic heterocycles. The van der Waals surface area contributed by atoms with E-state index in [2.05, 4.69) is 12.1 Å². The molecule has 0 heterocycles. The van der Waals surface area contributed by atoms with E-state index < -0.39 is 0 Å². The highest BCUT2D eigenvalue weighted by atomic mass is 16.5. The van der Waals surface area contributed by atoms with Crippen LogP contribution in [0.1, 0.15) is 44.1 Å². The van der Waals surface area contributed by atoms with Crippen molar-refractivity contribution in [3.8, 4) is 11.8 Å². The lowest BCUT2D eigenvalue weighted by molar-refractivity contribution is 0.330. The van der Waals surface area contributed by atoms with E-state index in [0.29, 0.717) is 0 Å². The Morgan fingerprint density at radius 2 is 1.83 bits per heavy atom. The van der Waals surface area contributed by atoms with Crippen molar-refractivity contribution in [1.82, 2.24) is 0 Å². The molecule has 0 atom stereocenters. The van der Waals surface area contributed by atoms with Crippen LogP contribution in [-0.4, -0.2) is 7.11 Å². The van der Waals surface area contributed by atoms with Crippen LogP contribution in [0.15, 0.2) is 24.3 Å². The average molecular weight is 243 g/mol. The molecule has 0 radical (unpaired) electrons. The van der Waals surface area contributed by atoms with Crippen LogP contribution in [0.2, 0.25) is 0 Å². The van der Waals surface area contributed by atoms with Gasteiger partial charge in [0.15, 0.2) is 0 Å². The Bertz CT molecular complexity index is 425. The Labute approximate surface area is 110 Å².